The van der Waals surface area contributed by atoms with Crippen molar-refractivity contribution >= 4 is 29.8 Å². The Morgan fingerprint density at radius 3 is 2.53 bits per heavy atom. The van der Waals surface area contributed by atoms with E-state index in [1.165, 1.54) is 0 Å². The lowest BCUT2D eigenvalue weighted by Gasteiger charge is -2.07. The molecule has 7 heteroatoms. The number of nitrogens with one attached hydrogen (secondary N) is 2. The SMILES string of the molecule is CC(/C=N/NC(=O)c1cc(-c2ccc(OCc3ccc(Cl)cc3)cc2)n[nH]1)=C\c1ccccc1. The summed E-state index contributed by atoms with van der Waals surface area (Å²) in [5.74, 6) is 0.367. The Kier molecular flexibility index (Phi) is 7.53. The van der Waals surface area contributed by atoms with Crippen molar-refractivity contribution in [1.82, 2.24) is 15.6 Å². The third-order valence-corrected chi connectivity index (χ3v) is 5.17. The molecule has 2 N–H and O–H groups in total. The lowest BCUT2D eigenvalue weighted by Crippen LogP contribution is -2.17. The number of halogens is 1. The van der Waals surface area contributed by atoms with Crippen LogP contribution in [0.25, 0.3) is 17.3 Å². The van der Waals surface area contributed by atoms with Crippen LogP contribution in [0, 0.1) is 0 Å². The van der Waals surface area contributed by atoms with Gasteiger partial charge in [0.25, 0.3) is 5.91 Å². The van der Waals surface area contributed by atoms with Crippen LogP contribution in [0.1, 0.15) is 28.5 Å². The van der Waals surface area contributed by atoms with Crippen molar-refractivity contribution in [2.75, 3.05) is 0 Å². The van der Waals surface area contributed by atoms with Crippen LogP contribution in [0.15, 0.2) is 95.6 Å². The smallest absolute Gasteiger partial charge is 0.289 e. The number of carbonyl (C=O) groups is 1. The van der Waals surface area contributed by atoms with Gasteiger partial charge in [0.1, 0.15) is 18.1 Å². The first-order valence-corrected chi connectivity index (χ1v) is 11.0. The van der Waals surface area contributed by atoms with Crippen molar-refractivity contribution in [2.45, 2.75) is 13.5 Å². The highest BCUT2D eigenvalue weighted by Crippen LogP contribution is 2.22. The van der Waals surface area contributed by atoms with Gasteiger partial charge in [0.15, 0.2) is 0 Å². The van der Waals surface area contributed by atoms with Crippen LogP contribution in [0.5, 0.6) is 5.75 Å². The molecule has 3 aromatic carbocycles. The summed E-state index contributed by atoms with van der Waals surface area (Å²) >= 11 is 5.91. The number of aromatic nitrogens is 2. The largest absolute Gasteiger partial charge is 0.489 e. The van der Waals surface area contributed by atoms with Gasteiger partial charge in [-0.2, -0.15) is 10.2 Å². The van der Waals surface area contributed by atoms with Crippen molar-refractivity contribution in [1.29, 1.82) is 0 Å². The number of rotatable bonds is 8. The maximum Gasteiger partial charge on any atom is 0.289 e. The fourth-order valence-corrected chi connectivity index (χ4v) is 3.28. The van der Waals surface area contributed by atoms with Gasteiger partial charge >= 0.3 is 0 Å². The van der Waals surface area contributed by atoms with Crippen LogP contribution in [0.2, 0.25) is 5.02 Å². The predicted octanol–water partition coefficient (Wildman–Crippen LogP) is 6.13. The first-order valence-electron chi connectivity index (χ1n) is 10.7. The van der Waals surface area contributed by atoms with Crippen LogP contribution >= 0.6 is 11.6 Å². The van der Waals surface area contributed by atoms with Crippen molar-refractivity contribution in [3.63, 3.8) is 0 Å². The van der Waals surface area contributed by atoms with Crippen LogP contribution in [-0.2, 0) is 6.61 Å². The molecule has 1 aromatic heterocycles. The van der Waals surface area contributed by atoms with E-state index < -0.39 is 0 Å². The van der Waals surface area contributed by atoms with E-state index in [2.05, 4.69) is 20.7 Å². The highest BCUT2D eigenvalue weighted by Gasteiger charge is 2.10. The Hall–Kier alpha value is -4.16. The predicted molar refractivity (Wildman–Crippen MR) is 136 cm³/mol. The van der Waals surface area contributed by atoms with Crippen molar-refractivity contribution < 1.29 is 9.53 Å². The molecule has 0 radical (unpaired) electrons. The number of aromatic amines is 1. The van der Waals surface area contributed by atoms with Crippen molar-refractivity contribution in [3.05, 3.63) is 112 Å². The molecule has 170 valence electrons. The van der Waals surface area contributed by atoms with E-state index in [1.807, 2.05) is 91.9 Å². The number of amides is 1. The van der Waals surface area contributed by atoms with Gasteiger partial charge in [0.2, 0.25) is 0 Å². The summed E-state index contributed by atoms with van der Waals surface area (Å²) in [6.45, 7) is 2.36. The molecule has 0 saturated heterocycles. The number of hydrogen-bond donors (Lipinski definition) is 2. The van der Waals surface area contributed by atoms with Crippen molar-refractivity contribution in [2.24, 2.45) is 5.10 Å². The molecule has 0 aliphatic heterocycles. The highest BCUT2D eigenvalue weighted by atomic mass is 35.5. The summed E-state index contributed by atoms with van der Waals surface area (Å²) in [6, 6.07) is 26.6. The van der Waals surface area contributed by atoms with Crippen LogP contribution < -0.4 is 10.2 Å². The molecule has 6 nitrogen and oxygen atoms in total. The molecule has 1 amide bonds. The van der Waals surface area contributed by atoms with E-state index >= 15 is 0 Å². The molecular formula is C27H23ClN4O2. The topological polar surface area (TPSA) is 79.4 Å². The zero-order valence-corrected chi connectivity index (χ0v) is 19.3. The standard InChI is InChI=1S/C27H23ClN4O2/c1-19(15-20-5-3-2-4-6-20)17-29-32-27(33)26-16-25(30-31-26)22-9-13-24(14-10-22)34-18-21-7-11-23(28)12-8-21/h2-17H,18H2,1H3,(H,30,31)(H,32,33)/b19-15+,29-17+. The Bertz CT molecular complexity index is 1290. The van der Waals surface area contributed by atoms with Gasteiger partial charge in [-0.25, -0.2) is 5.43 Å². The minimum atomic E-state index is -0.370. The zero-order chi connectivity index (χ0) is 23.8. The van der Waals surface area contributed by atoms with Gasteiger partial charge in [-0.15, -0.1) is 0 Å². The molecule has 0 saturated carbocycles. The second-order valence-electron chi connectivity index (χ2n) is 7.60. The Balaban J connectivity index is 1.32. The minimum absolute atomic E-state index is 0.319. The Labute approximate surface area is 202 Å². The average molecular weight is 471 g/mol. The van der Waals surface area contributed by atoms with E-state index in [9.17, 15) is 4.79 Å². The number of ether oxygens (including phenoxy) is 1. The van der Waals surface area contributed by atoms with Gasteiger partial charge in [0.05, 0.1) is 11.9 Å². The first kappa shape index (κ1) is 23.0. The maximum atomic E-state index is 12.4. The second kappa shape index (κ2) is 11.1. The monoisotopic (exact) mass is 470 g/mol. The summed E-state index contributed by atoms with van der Waals surface area (Å²) < 4.78 is 5.81. The van der Waals surface area contributed by atoms with Gasteiger partial charge < -0.3 is 4.74 Å². The Morgan fingerprint density at radius 1 is 1.06 bits per heavy atom. The number of H-pyrrole nitrogens is 1. The molecule has 0 atom stereocenters. The molecule has 0 aliphatic rings. The van der Waals surface area contributed by atoms with Crippen LogP contribution in [0.4, 0.5) is 0 Å². The quantitative estimate of drug-likeness (QED) is 0.240. The lowest BCUT2D eigenvalue weighted by molar-refractivity contribution is 0.0950. The van der Waals surface area contributed by atoms with Crippen molar-refractivity contribution in [3.8, 4) is 17.0 Å². The number of hydrogen-bond acceptors (Lipinski definition) is 4. The lowest BCUT2D eigenvalue weighted by atomic mass is 10.1. The maximum absolute atomic E-state index is 12.4. The molecule has 0 bridgehead atoms. The van der Waals surface area contributed by atoms with Gasteiger partial charge in [-0.3, -0.25) is 9.89 Å². The molecule has 0 aliphatic carbocycles. The average Bonchev–Trinajstić information content (AvgIpc) is 3.35. The van der Waals surface area contributed by atoms with Gasteiger partial charge in [0, 0.05) is 10.6 Å². The summed E-state index contributed by atoms with van der Waals surface area (Å²) in [5, 5.41) is 11.7. The highest BCUT2D eigenvalue weighted by molar-refractivity contribution is 6.30. The van der Waals surface area contributed by atoms with E-state index in [4.69, 9.17) is 16.3 Å². The number of benzene rings is 3. The van der Waals surface area contributed by atoms with Crippen LogP contribution in [0.3, 0.4) is 0 Å². The van der Waals surface area contributed by atoms with Gasteiger partial charge in [-0.1, -0.05) is 60.1 Å². The van der Waals surface area contributed by atoms with Gasteiger partial charge in [-0.05, 0) is 66.1 Å². The van der Waals surface area contributed by atoms with Crippen LogP contribution in [-0.4, -0.2) is 22.3 Å². The minimum Gasteiger partial charge on any atom is -0.489 e. The molecule has 0 spiro atoms. The summed E-state index contributed by atoms with van der Waals surface area (Å²) in [7, 11) is 0. The molecule has 34 heavy (non-hydrogen) atoms. The van der Waals surface area contributed by atoms with E-state index in [0.29, 0.717) is 23.0 Å². The summed E-state index contributed by atoms with van der Waals surface area (Å²) in [4.78, 5) is 12.4. The molecule has 1 heterocycles. The molecule has 4 aromatic rings. The number of carbonyl (C=O) groups excluding carboxylic acids is 1. The van der Waals surface area contributed by atoms with E-state index in [1.54, 1.807) is 12.3 Å². The Morgan fingerprint density at radius 2 is 1.79 bits per heavy atom. The third kappa shape index (κ3) is 6.43. The normalized spacial score (nSPS) is 11.5. The summed E-state index contributed by atoms with van der Waals surface area (Å²) in [5.41, 5.74) is 7.36. The second-order valence-corrected chi connectivity index (χ2v) is 8.04. The third-order valence-electron chi connectivity index (χ3n) is 4.92. The fourth-order valence-electron chi connectivity index (χ4n) is 3.16. The van der Waals surface area contributed by atoms with E-state index in [0.717, 1.165) is 28.0 Å². The fraction of sp³-hybridized carbons (Fsp3) is 0.0741. The molecular weight excluding hydrogens is 448 g/mol. The zero-order valence-electron chi connectivity index (χ0n) is 18.5. The molecule has 4 rings (SSSR count). The first-order chi connectivity index (χ1) is 16.6. The molecule has 0 unspecified atom stereocenters. The van der Waals surface area contributed by atoms with E-state index in [-0.39, 0.29) is 5.91 Å². The summed E-state index contributed by atoms with van der Waals surface area (Å²) in [6.07, 6.45) is 3.58. The molecule has 0 fully saturated rings. The number of nitrogens with zero attached hydrogens (tertiary/aromatic N) is 2. The number of allylic oxidation sites excluding steroid dienone is 1. The number of hydrazone groups is 1.